The first-order valence-corrected chi connectivity index (χ1v) is 6.95. The highest BCUT2D eigenvalue weighted by Gasteiger charge is 2.14. The van der Waals surface area contributed by atoms with Crippen molar-refractivity contribution in [3.63, 3.8) is 0 Å². The van der Waals surface area contributed by atoms with Gasteiger partial charge < -0.3 is 5.32 Å². The summed E-state index contributed by atoms with van der Waals surface area (Å²) in [5, 5.41) is 10.2. The second-order valence-corrected chi connectivity index (χ2v) is 4.98. The third-order valence-corrected chi connectivity index (χ3v) is 3.21. The van der Waals surface area contributed by atoms with E-state index in [0.29, 0.717) is 0 Å². The lowest BCUT2D eigenvalue weighted by Gasteiger charge is -2.10. The predicted octanol–water partition coefficient (Wildman–Crippen LogP) is 3.99. The van der Waals surface area contributed by atoms with Crippen molar-refractivity contribution in [2.45, 2.75) is 19.8 Å². The second kappa shape index (κ2) is 6.68. The summed E-state index contributed by atoms with van der Waals surface area (Å²) >= 11 is 11.6. The van der Waals surface area contributed by atoms with Crippen LogP contribution in [0.1, 0.15) is 29.3 Å². The molecule has 2 rings (SSSR count). The van der Waals surface area contributed by atoms with E-state index in [0.717, 1.165) is 24.1 Å². The van der Waals surface area contributed by atoms with Gasteiger partial charge in [0.25, 0.3) is 5.91 Å². The van der Waals surface area contributed by atoms with E-state index in [4.69, 9.17) is 23.2 Å². The van der Waals surface area contributed by atoms with E-state index in [1.807, 2.05) is 24.3 Å². The van der Waals surface area contributed by atoms with E-state index in [-0.39, 0.29) is 21.8 Å². The van der Waals surface area contributed by atoms with Gasteiger partial charge in [0.2, 0.25) is 0 Å². The van der Waals surface area contributed by atoms with Crippen LogP contribution in [-0.4, -0.2) is 16.1 Å². The fraction of sp³-hybridized carbons (Fsp3) is 0.214. The number of nitrogens with zero attached hydrogens (tertiary/aromatic N) is 2. The lowest BCUT2D eigenvalue weighted by molar-refractivity contribution is 0.102. The van der Waals surface area contributed by atoms with Gasteiger partial charge in [-0.05, 0) is 24.1 Å². The average Bonchev–Trinajstić information content (AvgIpc) is 2.44. The van der Waals surface area contributed by atoms with Crippen LogP contribution in [0.15, 0.2) is 30.3 Å². The molecule has 0 bridgehead atoms. The Kier molecular flexibility index (Phi) is 4.93. The Balaban J connectivity index is 2.26. The van der Waals surface area contributed by atoms with Crippen molar-refractivity contribution >= 4 is 34.8 Å². The summed E-state index contributed by atoms with van der Waals surface area (Å²) < 4.78 is 0. The van der Waals surface area contributed by atoms with Crippen molar-refractivity contribution in [3.05, 3.63) is 51.8 Å². The average molecular weight is 310 g/mol. The lowest BCUT2D eigenvalue weighted by atomic mass is 10.1. The van der Waals surface area contributed by atoms with E-state index >= 15 is 0 Å². The number of amides is 1. The molecule has 0 radical (unpaired) electrons. The van der Waals surface area contributed by atoms with Gasteiger partial charge in [-0.25, -0.2) is 0 Å². The maximum absolute atomic E-state index is 12.2. The van der Waals surface area contributed by atoms with E-state index < -0.39 is 0 Å². The maximum Gasteiger partial charge on any atom is 0.258 e. The molecule has 1 aromatic heterocycles. The van der Waals surface area contributed by atoms with E-state index in [9.17, 15) is 4.79 Å². The number of carbonyl (C=O) groups excluding carboxylic acids is 1. The number of aryl methyl sites for hydroxylation is 1. The van der Waals surface area contributed by atoms with Gasteiger partial charge in [-0.15, -0.1) is 10.2 Å². The van der Waals surface area contributed by atoms with Crippen molar-refractivity contribution in [2.75, 3.05) is 5.32 Å². The molecule has 0 aliphatic carbocycles. The summed E-state index contributed by atoms with van der Waals surface area (Å²) in [6, 6.07) is 9.05. The number of anilines is 1. The molecule has 6 heteroatoms. The Hall–Kier alpha value is -1.65. The Morgan fingerprint density at radius 2 is 2.00 bits per heavy atom. The summed E-state index contributed by atoms with van der Waals surface area (Å²) in [5.41, 5.74) is 2.05. The van der Waals surface area contributed by atoms with Crippen LogP contribution in [0.4, 0.5) is 5.69 Å². The van der Waals surface area contributed by atoms with E-state index in [1.54, 1.807) is 0 Å². The lowest BCUT2D eigenvalue weighted by Crippen LogP contribution is -2.14. The minimum Gasteiger partial charge on any atom is -0.322 e. The molecule has 1 heterocycles. The zero-order valence-corrected chi connectivity index (χ0v) is 12.4. The molecule has 0 aliphatic heterocycles. The highest BCUT2D eigenvalue weighted by molar-refractivity contribution is 6.34. The molecule has 1 N–H and O–H groups in total. The summed E-state index contributed by atoms with van der Waals surface area (Å²) in [4.78, 5) is 12.2. The van der Waals surface area contributed by atoms with Gasteiger partial charge in [-0.1, -0.05) is 54.7 Å². The molecule has 0 spiro atoms. The van der Waals surface area contributed by atoms with Gasteiger partial charge in [0.1, 0.15) is 0 Å². The van der Waals surface area contributed by atoms with Crippen molar-refractivity contribution in [3.8, 4) is 0 Å². The molecule has 0 unspecified atom stereocenters. The van der Waals surface area contributed by atoms with Gasteiger partial charge in [0, 0.05) is 5.69 Å². The van der Waals surface area contributed by atoms with Crippen molar-refractivity contribution in [1.82, 2.24) is 10.2 Å². The minimum absolute atomic E-state index is 0.0277. The van der Waals surface area contributed by atoms with E-state index in [1.165, 1.54) is 6.07 Å². The Morgan fingerprint density at radius 3 is 2.75 bits per heavy atom. The molecule has 2 aromatic rings. The molecule has 0 atom stereocenters. The summed E-state index contributed by atoms with van der Waals surface area (Å²) in [5.74, 6) is -0.352. The van der Waals surface area contributed by atoms with Crippen LogP contribution in [0.25, 0.3) is 0 Å². The number of nitrogens with one attached hydrogen (secondary N) is 1. The topological polar surface area (TPSA) is 54.9 Å². The molecule has 0 fully saturated rings. The monoisotopic (exact) mass is 309 g/mol. The first kappa shape index (κ1) is 14.8. The number of benzene rings is 1. The largest absolute Gasteiger partial charge is 0.322 e. The molecule has 1 amide bonds. The quantitative estimate of drug-likeness (QED) is 0.929. The summed E-state index contributed by atoms with van der Waals surface area (Å²) in [6.07, 6.45) is 1.88. The van der Waals surface area contributed by atoms with Crippen LogP contribution in [-0.2, 0) is 6.42 Å². The molecule has 0 saturated carbocycles. The maximum atomic E-state index is 12.2. The number of hydrogen-bond donors (Lipinski definition) is 1. The molecule has 4 nitrogen and oxygen atoms in total. The smallest absolute Gasteiger partial charge is 0.258 e. The Bertz CT molecular complexity index is 632. The van der Waals surface area contributed by atoms with Crippen molar-refractivity contribution in [2.24, 2.45) is 0 Å². The van der Waals surface area contributed by atoms with Crippen LogP contribution in [0.2, 0.25) is 10.3 Å². The first-order chi connectivity index (χ1) is 9.61. The number of para-hydroxylation sites is 1. The molecule has 1 aromatic carbocycles. The normalized spacial score (nSPS) is 10.3. The van der Waals surface area contributed by atoms with Crippen LogP contribution >= 0.6 is 23.2 Å². The zero-order valence-electron chi connectivity index (χ0n) is 10.9. The number of halogens is 2. The number of carbonyl (C=O) groups is 1. The fourth-order valence-electron chi connectivity index (χ4n) is 1.83. The predicted molar refractivity (Wildman–Crippen MR) is 80.4 cm³/mol. The molecule has 0 saturated heterocycles. The standard InChI is InChI=1S/C14H13Cl2N3O/c1-2-5-9-6-3-4-7-11(9)17-14(20)10-8-12(15)18-19-13(10)16/h3-4,6-8H,2,5H2,1H3,(H,17,20). The van der Waals surface area contributed by atoms with Crippen LogP contribution in [0, 0.1) is 0 Å². The molecule has 104 valence electrons. The third-order valence-electron chi connectivity index (χ3n) is 2.75. The van der Waals surface area contributed by atoms with Gasteiger partial charge in [-0.2, -0.15) is 0 Å². The van der Waals surface area contributed by atoms with Gasteiger partial charge in [-0.3, -0.25) is 4.79 Å². The highest BCUT2D eigenvalue weighted by atomic mass is 35.5. The first-order valence-electron chi connectivity index (χ1n) is 6.19. The number of hydrogen-bond acceptors (Lipinski definition) is 3. The highest BCUT2D eigenvalue weighted by Crippen LogP contribution is 2.20. The third kappa shape index (κ3) is 3.46. The molecular weight excluding hydrogens is 297 g/mol. The summed E-state index contributed by atoms with van der Waals surface area (Å²) in [7, 11) is 0. The number of aromatic nitrogens is 2. The summed E-state index contributed by atoms with van der Waals surface area (Å²) in [6.45, 7) is 2.09. The van der Waals surface area contributed by atoms with Crippen LogP contribution in [0.5, 0.6) is 0 Å². The van der Waals surface area contributed by atoms with Crippen LogP contribution in [0.3, 0.4) is 0 Å². The Morgan fingerprint density at radius 1 is 1.25 bits per heavy atom. The SMILES string of the molecule is CCCc1ccccc1NC(=O)c1cc(Cl)nnc1Cl. The minimum atomic E-state index is -0.352. The van der Waals surface area contributed by atoms with Crippen molar-refractivity contribution in [1.29, 1.82) is 0 Å². The number of rotatable bonds is 4. The van der Waals surface area contributed by atoms with Gasteiger partial charge in [0.15, 0.2) is 10.3 Å². The van der Waals surface area contributed by atoms with Crippen molar-refractivity contribution < 1.29 is 4.79 Å². The Labute approximate surface area is 127 Å². The molecule has 20 heavy (non-hydrogen) atoms. The zero-order chi connectivity index (χ0) is 14.5. The van der Waals surface area contributed by atoms with Crippen LogP contribution < -0.4 is 5.32 Å². The fourth-order valence-corrected chi connectivity index (χ4v) is 2.16. The van der Waals surface area contributed by atoms with E-state index in [2.05, 4.69) is 22.4 Å². The second-order valence-electron chi connectivity index (χ2n) is 4.23. The molecule has 0 aliphatic rings. The molecular formula is C14H13Cl2N3O. The van der Waals surface area contributed by atoms with Gasteiger partial charge >= 0.3 is 0 Å². The van der Waals surface area contributed by atoms with Gasteiger partial charge in [0.05, 0.1) is 5.56 Å².